The number of nitrogens with zero attached hydrogens (tertiary/aromatic N) is 1. The minimum atomic E-state index is -1.16. The minimum Gasteiger partial charge on any atom is -0.545 e. The number of rotatable bonds is 2. The van der Waals surface area contributed by atoms with Gasteiger partial charge in [-0.1, -0.05) is 24.3 Å². The normalized spacial score (nSPS) is 11.2. The van der Waals surface area contributed by atoms with Gasteiger partial charge in [-0.15, -0.1) is 0 Å². The van der Waals surface area contributed by atoms with Gasteiger partial charge < -0.3 is 19.2 Å². The van der Waals surface area contributed by atoms with Crippen LogP contribution < -0.4 is 9.84 Å². The van der Waals surface area contributed by atoms with E-state index in [1.807, 2.05) is 35.9 Å². The summed E-state index contributed by atoms with van der Waals surface area (Å²) in [4.78, 5) is 11.4. The first-order chi connectivity index (χ1) is 9.56. The number of ether oxygens (including phenoxy) is 1. The Morgan fingerprint density at radius 1 is 1.20 bits per heavy atom. The summed E-state index contributed by atoms with van der Waals surface area (Å²) in [6.45, 7) is 1.78. The molecule has 0 unspecified atom stereocenters. The number of aromatic carboxylic acids is 1. The molecule has 0 radical (unpaired) electrons. The third kappa shape index (κ3) is 1.51. The molecule has 0 amide bonds. The highest BCUT2D eigenvalue weighted by Crippen LogP contribution is 2.36. The summed E-state index contributed by atoms with van der Waals surface area (Å²) in [6.07, 6.45) is 0. The molecule has 102 valence electrons. The highest BCUT2D eigenvalue weighted by atomic mass is 16.5. The Morgan fingerprint density at radius 2 is 1.85 bits per heavy atom. The fraction of sp³-hybridized carbons (Fsp3) is 0.188. The summed E-state index contributed by atoms with van der Waals surface area (Å²) in [6, 6.07) is 9.58. The van der Waals surface area contributed by atoms with E-state index in [4.69, 9.17) is 4.74 Å². The van der Waals surface area contributed by atoms with E-state index < -0.39 is 5.97 Å². The Balaban J connectivity index is 2.63. The number of fused-ring (bicyclic) bond motifs is 3. The summed E-state index contributed by atoms with van der Waals surface area (Å²) >= 11 is 0. The first kappa shape index (κ1) is 12.5. The smallest absolute Gasteiger partial charge is 0.127 e. The first-order valence-corrected chi connectivity index (χ1v) is 6.32. The molecule has 0 aliphatic heterocycles. The van der Waals surface area contributed by atoms with E-state index >= 15 is 0 Å². The van der Waals surface area contributed by atoms with Crippen molar-refractivity contribution in [2.45, 2.75) is 6.92 Å². The van der Waals surface area contributed by atoms with Crippen molar-refractivity contribution >= 4 is 27.6 Å². The molecule has 0 N–H and O–H groups in total. The van der Waals surface area contributed by atoms with Crippen molar-refractivity contribution in [2.24, 2.45) is 7.05 Å². The Bertz CT molecular complexity index is 846. The van der Waals surface area contributed by atoms with Crippen LogP contribution in [0.5, 0.6) is 5.75 Å². The summed E-state index contributed by atoms with van der Waals surface area (Å²) in [5.41, 5.74) is 1.79. The number of carbonyl (C=O) groups is 1. The number of benzene rings is 2. The topological polar surface area (TPSA) is 54.3 Å². The number of carbonyl (C=O) groups excluding carboxylic acids is 1. The number of hydrogen-bond donors (Lipinski definition) is 0. The van der Waals surface area contributed by atoms with Crippen molar-refractivity contribution in [3.63, 3.8) is 0 Å². The molecule has 20 heavy (non-hydrogen) atoms. The number of carboxylic acids is 1. The number of hydrogen-bond acceptors (Lipinski definition) is 3. The first-order valence-electron chi connectivity index (χ1n) is 6.32. The van der Waals surface area contributed by atoms with Crippen molar-refractivity contribution in [1.29, 1.82) is 0 Å². The summed E-state index contributed by atoms with van der Waals surface area (Å²) in [5.74, 6) is -0.494. The molecule has 4 nitrogen and oxygen atoms in total. The molecule has 0 saturated heterocycles. The van der Waals surface area contributed by atoms with Gasteiger partial charge in [-0.3, -0.25) is 0 Å². The zero-order valence-corrected chi connectivity index (χ0v) is 11.6. The summed E-state index contributed by atoms with van der Waals surface area (Å²) in [5, 5.41) is 14.0. The lowest BCUT2D eigenvalue weighted by Crippen LogP contribution is -2.23. The van der Waals surface area contributed by atoms with Gasteiger partial charge in [0.05, 0.1) is 18.6 Å². The van der Waals surface area contributed by atoms with Crippen LogP contribution in [0, 0.1) is 6.92 Å². The lowest BCUT2D eigenvalue weighted by Gasteiger charge is -2.09. The van der Waals surface area contributed by atoms with Gasteiger partial charge in [0, 0.05) is 34.5 Å². The maximum atomic E-state index is 11.4. The molecule has 0 saturated carbocycles. The quantitative estimate of drug-likeness (QED) is 0.714. The minimum absolute atomic E-state index is 0.228. The second-order valence-corrected chi connectivity index (χ2v) is 4.83. The highest BCUT2D eigenvalue weighted by molar-refractivity contribution is 6.15. The zero-order valence-electron chi connectivity index (χ0n) is 11.6. The summed E-state index contributed by atoms with van der Waals surface area (Å²) < 4.78 is 7.29. The Hall–Kier alpha value is -2.49. The van der Waals surface area contributed by atoms with E-state index in [0.717, 1.165) is 16.3 Å². The van der Waals surface area contributed by atoms with Gasteiger partial charge in [-0.05, 0) is 13.0 Å². The van der Waals surface area contributed by atoms with Crippen LogP contribution in [-0.4, -0.2) is 17.6 Å². The zero-order chi connectivity index (χ0) is 14.4. The highest BCUT2D eigenvalue weighted by Gasteiger charge is 2.17. The Kier molecular flexibility index (Phi) is 2.67. The maximum absolute atomic E-state index is 11.4. The van der Waals surface area contributed by atoms with Crippen molar-refractivity contribution < 1.29 is 14.6 Å². The SMILES string of the molecule is COc1cc2c(C(=O)[O-])c(C)n(C)c2c2ccccc12. The van der Waals surface area contributed by atoms with Crippen molar-refractivity contribution in [1.82, 2.24) is 4.57 Å². The molecule has 2 aromatic carbocycles. The van der Waals surface area contributed by atoms with Crippen LogP contribution in [-0.2, 0) is 7.05 Å². The number of methoxy groups -OCH3 is 1. The number of carboxylic acid groups (broad SMARTS) is 1. The molecule has 1 aromatic heterocycles. The van der Waals surface area contributed by atoms with Gasteiger partial charge in [0.25, 0.3) is 0 Å². The fourth-order valence-electron chi connectivity index (χ4n) is 2.84. The third-order valence-electron chi connectivity index (χ3n) is 3.87. The molecule has 0 spiro atoms. The number of aryl methyl sites for hydroxylation is 1. The van der Waals surface area contributed by atoms with Crippen LogP contribution >= 0.6 is 0 Å². The average Bonchev–Trinajstić information content (AvgIpc) is 2.70. The van der Waals surface area contributed by atoms with Gasteiger partial charge >= 0.3 is 0 Å². The molecule has 0 fully saturated rings. The van der Waals surface area contributed by atoms with Crippen molar-refractivity contribution in [3.8, 4) is 5.75 Å². The van der Waals surface area contributed by atoms with Crippen LogP contribution in [0.1, 0.15) is 16.1 Å². The van der Waals surface area contributed by atoms with Crippen LogP contribution in [0.15, 0.2) is 30.3 Å². The van der Waals surface area contributed by atoms with E-state index in [-0.39, 0.29) is 5.56 Å². The molecule has 0 bridgehead atoms. The monoisotopic (exact) mass is 268 g/mol. The molecule has 0 aliphatic rings. The summed E-state index contributed by atoms with van der Waals surface area (Å²) in [7, 11) is 3.45. The van der Waals surface area contributed by atoms with Crippen LogP contribution in [0.3, 0.4) is 0 Å². The van der Waals surface area contributed by atoms with Gasteiger partial charge in [-0.2, -0.15) is 0 Å². The van der Waals surface area contributed by atoms with Gasteiger partial charge in [0.1, 0.15) is 5.75 Å². The van der Waals surface area contributed by atoms with E-state index in [2.05, 4.69) is 0 Å². The largest absolute Gasteiger partial charge is 0.545 e. The van der Waals surface area contributed by atoms with Crippen molar-refractivity contribution in [2.75, 3.05) is 7.11 Å². The van der Waals surface area contributed by atoms with Gasteiger partial charge in [-0.25, -0.2) is 0 Å². The molecular weight excluding hydrogens is 254 g/mol. The van der Waals surface area contributed by atoms with E-state index in [9.17, 15) is 9.90 Å². The van der Waals surface area contributed by atoms with Crippen LogP contribution in [0.4, 0.5) is 0 Å². The van der Waals surface area contributed by atoms with Crippen LogP contribution in [0.2, 0.25) is 0 Å². The predicted molar refractivity (Wildman–Crippen MR) is 76.0 cm³/mol. The van der Waals surface area contributed by atoms with Gasteiger partial charge in [0.2, 0.25) is 0 Å². The molecule has 1 heterocycles. The van der Waals surface area contributed by atoms with E-state index in [1.165, 1.54) is 0 Å². The maximum Gasteiger partial charge on any atom is 0.127 e. The van der Waals surface area contributed by atoms with Crippen molar-refractivity contribution in [3.05, 3.63) is 41.6 Å². The van der Waals surface area contributed by atoms with E-state index in [1.54, 1.807) is 20.1 Å². The second kappa shape index (κ2) is 4.27. The fourth-order valence-corrected chi connectivity index (χ4v) is 2.84. The van der Waals surface area contributed by atoms with Gasteiger partial charge in [0.15, 0.2) is 0 Å². The average molecular weight is 268 g/mol. The molecular formula is C16H14NO3-. The standard InChI is InChI=1S/C16H15NO3/c1-9-14(16(18)19)12-8-13(20-3)10-6-4-5-7-11(10)15(12)17(9)2/h4-8H,1-3H3,(H,18,19)/p-1. The molecule has 3 rings (SSSR count). The molecule has 4 heteroatoms. The lowest BCUT2D eigenvalue weighted by molar-refractivity contribution is -0.254. The lowest BCUT2D eigenvalue weighted by atomic mass is 10.0. The number of aromatic nitrogens is 1. The second-order valence-electron chi connectivity index (χ2n) is 4.83. The Morgan fingerprint density at radius 3 is 2.45 bits per heavy atom. The van der Waals surface area contributed by atoms with Crippen LogP contribution in [0.25, 0.3) is 21.7 Å². The molecule has 0 atom stereocenters. The Labute approximate surface area is 116 Å². The third-order valence-corrected chi connectivity index (χ3v) is 3.87. The predicted octanol–water partition coefficient (Wildman–Crippen LogP) is 2.01. The molecule has 3 aromatic rings. The van der Waals surface area contributed by atoms with E-state index in [0.29, 0.717) is 16.8 Å². The molecule has 0 aliphatic carbocycles.